The summed E-state index contributed by atoms with van der Waals surface area (Å²) < 4.78 is 47.3. The minimum absolute atomic E-state index is 0.00440. The van der Waals surface area contributed by atoms with Gasteiger partial charge in [0.1, 0.15) is 5.41 Å². The fraction of sp³-hybridized carbons (Fsp3) is 0.422. The predicted octanol–water partition coefficient (Wildman–Crippen LogP) is 5.60. The number of ether oxygens (including phenoxy) is 1. The van der Waals surface area contributed by atoms with E-state index in [9.17, 15) is 36.9 Å². The normalized spacial score (nSPS) is 19.0. The Morgan fingerprint density at radius 3 is 2.35 bits per heavy atom. The Hall–Kier alpha value is -6.07. The number of fused-ring (bicyclic) bond motifs is 2. The molecule has 3 N–H and O–H groups in total. The third-order valence-electron chi connectivity index (χ3n) is 10.8. The van der Waals surface area contributed by atoms with Crippen LogP contribution in [-0.2, 0) is 45.5 Å². The number of hydrogen-bond donors (Lipinski definition) is 3. The van der Waals surface area contributed by atoms with Crippen LogP contribution in [0.3, 0.4) is 0 Å². The van der Waals surface area contributed by atoms with Gasteiger partial charge in [-0.2, -0.15) is 13.0 Å². The number of nitrogens with zero attached hydrogens (tertiary/aromatic N) is 3. The van der Waals surface area contributed by atoms with Gasteiger partial charge in [0, 0.05) is 51.4 Å². The molecule has 0 bridgehead atoms. The summed E-state index contributed by atoms with van der Waals surface area (Å²) in [6.07, 6.45) is 13.0. The zero-order valence-electron chi connectivity index (χ0n) is 35.1. The molecule has 0 saturated carbocycles. The lowest BCUT2D eigenvalue weighted by molar-refractivity contribution is -0.678. The Morgan fingerprint density at radius 2 is 1.61 bits per heavy atom. The Labute approximate surface area is 361 Å². The molecule has 1 saturated heterocycles. The highest BCUT2D eigenvalue weighted by atomic mass is 32.2. The van der Waals surface area contributed by atoms with E-state index >= 15 is 0 Å². The minimum atomic E-state index is -4.42. The number of oxazole rings is 1. The molecule has 3 aliphatic rings. The number of carbonyl (C=O) groups excluding carboxylic acids is 5. The lowest BCUT2D eigenvalue weighted by Gasteiger charge is -2.35. The molecule has 17 heteroatoms. The summed E-state index contributed by atoms with van der Waals surface area (Å²) >= 11 is 0. The standard InChI is InChI=1S/C45H53N5O11S/c1-3-5-27-49-35-14-9-11-16-37(35)60-41(49)23-19-33-29-32(18-22-40-48(26-4-2)34-13-8-10-15-36(34)59-40)30-45(31-33,44(55)47-25-28-62(56,57)58)43(54)46-24-12-6-7-17-42(53)61-50-38(51)20-21-39(50)52/h8-11,13-16,18-19,22-23,29H,3-7,12,17,20-21,24-28,30-31H2,1-2H3,(H2-,46,47,54,55,56,57,58)/p+1. The summed E-state index contributed by atoms with van der Waals surface area (Å²) in [6.45, 7) is 5.29. The van der Waals surface area contributed by atoms with Gasteiger partial charge in [-0.25, -0.2) is 4.79 Å². The van der Waals surface area contributed by atoms with Crippen molar-refractivity contribution in [2.75, 3.05) is 30.3 Å². The number of imide groups is 1. The van der Waals surface area contributed by atoms with Crippen molar-refractivity contribution in [2.45, 2.75) is 91.0 Å². The van der Waals surface area contributed by atoms with Gasteiger partial charge in [-0.3, -0.25) is 23.7 Å². The first kappa shape index (κ1) is 45.5. The van der Waals surface area contributed by atoms with Gasteiger partial charge in [-0.15, -0.1) is 5.06 Å². The van der Waals surface area contributed by atoms with Gasteiger partial charge >= 0.3 is 11.9 Å². The van der Waals surface area contributed by atoms with Gasteiger partial charge < -0.3 is 29.5 Å². The second-order valence-electron chi connectivity index (χ2n) is 15.5. The third-order valence-corrected chi connectivity index (χ3v) is 11.5. The van der Waals surface area contributed by atoms with Crippen LogP contribution in [0.2, 0.25) is 0 Å². The predicted molar refractivity (Wildman–Crippen MR) is 229 cm³/mol. The van der Waals surface area contributed by atoms with Crippen molar-refractivity contribution >= 4 is 62.6 Å². The maximum atomic E-state index is 14.5. The van der Waals surface area contributed by atoms with Gasteiger partial charge in [0.25, 0.3) is 27.4 Å². The van der Waals surface area contributed by atoms with Crippen molar-refractivity contribution in [3.05, 3.63) is 95.8 Å². The van der Waals surface area contributed by atoms with Crippen LogP contribution in [0.5, 0.6) is 5.75 Å². The van der Waals surface area contributed by atoms with Crippen molar-refractivity contribution in [1.29, 1.82) is 0 Å². The third kappa shape index (κ3) is 11.2. The van der Waals surface area contributed by atoms with Crippen LogP contribution in [0.1, 0.15) is 90.4 Å². The molecular weight excluding hydrogens is 819 g/mol. The quantitative estimate of drug-likeness (QED) is 0.0417. The van der Waals surface area contributed by atoms with Gasteiger partial charge in [-0.1, -0.05) is 63.1 Å². The summed E-state index contributed by atoms with van der Waals surface area (Å²) in [6, 6.07) is 15.4. The number of carbonyl (C=O) groups is 5. The largest absolute Gasteiger partial charge is 0.439 e. The molecule has 16 nitrogen and oxygen atoms in total. The fourth-order valence-corrected chi connectivity index (χ4v) is 8.02. The molecular formula is C45H54N5O11S+. The first-order valence-corrected chi connectivity index (χ1v) is 22.8. The van der Waals surface area contributed by atoms with E-state index in [1.807, 2.05) is 78.9 Å². The molecule has 2 aliphatic heterocycles. The van der Waals surface area contributed by atoms with E-state index < -0.39 is 57.4 Å². The van der Waals surface area contributed by atoms with Crippen LogP contribution in [0, 0.1) is 5.41 Å². The van der Waals surface area contributed by atoms with E-state index in [2.05, 4.69) is 33.9 Å². The molecule has 0 spiro atoms. The Balaban J connectivity index is 1.28. The first-order valence-electron chi connectivity index (χ1n) is 21.2. The SMILES string of the molecule is CCCCN1C(=CC=C2C=C(C=Cc3oc4ccccc4[n+]3CCC)CC(C(=O)NCCCCCC(=O)ON3C(=O)CCC3=O)(C(=O)NCCS(=O)(=O)O)C2)Oc2ccccc21. The summed E-state index contributed by atoms with van der Waals surface area (Å²) in [7, 11) is -4.42. The molecule has 4 amide bonds. The number of aromatic nitrogens is 1. The summed E-state index contributed by atoms with van der Waals surface area (Å²) in [5.41, 5.74) is 2.04. The van der Waals surface area contributed by atoms with Crippen LogP contribution in [0.25, 0.3) is 17.2 Å². The molecule has 3 heterocycles. The first-order chi connectivity index (χ1) is 29.8. The molecule has 3 aromatic rings. The van der Waals surface area contributed by atoms with E-state index in [0.717, 1.165) is 30.5 Å². The highest BCUT2D eigenvalue weighted by Crippen LogP contribution is 2.42. The molecule has 1 aromatic heterocycles. The number of benzene rings is 2. The molecule has 2 aromatic carbocycles. The fourth-order valence-electron chi connectivity index (χ4n) is 7.66. The zero-order chi connectivity index (χ0) is 44.3. The second kappa shape index (κ2) is 20.7. The number of rotatable bonds is 20. The van der Waals surface area contributed by atoms with E-state index in [1.165, 1.54) is 0 Å². The van der Waals surface area contributed by atoms with Gasteiger partial charge in [-0.05, 0) is 73.6 Å². The molecule has 330 valence electrons. The van der Waals surface area contributed by atoms with E-state index in [1.54, 1.807) is 0 Å². The molecule has 1 aliphatic carbocycles. The maximum absolute atomic E-state index is 14.5. The van der Waals surface area contributed by atoms with E-state index in [4.69, 9.17) is 14.0 Å². The number of anilines is 1. The topological polar surface area (TPSA) is 206 Å². The van der Waals surface area contributed by atoms with Crippen LogP contribution in [0.15, 0.2) is 94.3 Å². The molecule has 1 unspecified atom stereocenters. The maximum Gasteiger partial charge on any atom is 0.374 e. The number of para-hydroxylation sites is 4. The Morgan fingerprint density at radius 1 is 0.887 bits per heavy atom. The number of amides is 4. The molecule has 1 atom stereocenters. The Bertz CT molecular complexity index is 2400. The van der Waals surface area contributed by atoms with Crippen LogP contribution < -0.4 is 24.8 Å². The summed E-state index contributed by atoms with van der Waals surface area (Å²) in [5.74, 6) is -2.03. The van der Waals surface area contributed by atoms with Crippen molar-refractivity contribution in [3.8, 4) is 5.75 Å². The number of allylic oxidation sites excluding steroid dienone is 6. The summed E-state index contributed by atoms with van der Waals surface area (Å²) in [4.78, 5) is 71.7. The van der Waals surface area contributed by atoms with E-state index in [0.29, 0.717) is 71.7 Å². The highest BCUT2D eigenvalue weighted by molar-refractivity contribution is 7.85. The van der Waals surface area contributed by atoms with Gasteiger partial charge in [0.05, 0.1) is 17.5 Å². The monoisotopic (exact) mass is 872 g/mol. The second-order valence-corrected chi connectivity index (χ2v) is 17.1. The summed E-state index contributed by atoms with van der Waals surface area (Å²) in [5, 5.41) is 6.01. The average molecular weight is 873 g/mol. The molecule has 0 radical (unpaired) electrons. The average Bonchev–Trinajstić information content (AvgIpc) is 3.90. The number of hydrogen-bond acceptors (Lipinski definition) is 11. The number of aryl methyl sites for hydroxylation is 1. The van der Waals surface area contributed by atoms with Crippen LogP contribution >= 0.6 is 0 Å². The number of nitrogens with one attached hydrogen (secondary N) is 2. The highest BCUT2D eigenvalue weighted by Gasteiger charge is 2.48. The Kier molecular flexibility index (Phi) is 15.1. The van der Waals surface area contributed by atoms with Crippen LogP contribution in [-0.4, -0.2) is 73.0 Å². The minimum Gasteiger partial charge on any atom is -0.439 e. The zero-order valence-corrected chi connectivity index (χ0v) is 35.9. The van der Waals surface area contributed by atoms with Crippen molar-refractivity contribution in [1.82, 2.24) is 15.7 Å². The lowest BCUT2D eigenvalue weighted by atomic mass is 9.70. The van der Waals surface area contributed by atoms with Crippen molar-refractivity contribution in [2.24, 2.45) is 5.41 Å². The number of hydroxylamine groups is 2. The number of unbranched alkanes of at least 4 members (excludes halogenated alkanes) is 3. The molecule has 6 rings (SSSR count). The van der Waals surface area contributed by atoms with Crippen LogP contribution in [0.4, 0.5) is 5.69 Å². The van der Waals surface area contributed by atoms with Crippen molar-refractivity contribution in [3.63, 3.8) is 0 Å². The molecule has 62 heavy (non-hydrogen) atoms. The lowest BCUT2D eigenvalue weighted by Crippen LogP contribution is -2.53. The molecule has 1 fully saturated rings. The van der Waals surface area contributed by atoms with Gasteiger partial charge in [0.15, 0.2) is 12.3 Å². The smallest absolute Gasteiger partial charge is 0.374 e. The van der Waals surface area contributed by atoms with Gasteiger partial charge in [0.2, 0.25) is 23.3 Å². The van der Waals surface area contributed by atoms with E-state index in [-0.39, 0.29) is 38.6 Å². The van der Waals surface area contributed by atoms with Crippen molar-refractivity contribution < 1.29 is 55.5 Å².